The zero-order valence-corrected chi connectivity index (χ0v) is 36.1. The second kappa shape index (κ2) is 15.5. The van der Waals surface area contributed by atoms with Gasteiger partial charge in [-0.2, -0.15) is 0 Å². The van der Waals surface area contributed by atoms with Gasteiger partial charge in [-0.3, -0.25) is 0 Å². The highest BCUT2D eigenvalue weighted by molar-refractivity contribution is 6.27. The van der Waals surface area contributed by atoms with Crippen molar-refractivity contribution in [3.05, 3.63) is 255 Å². The Morgan fingerprint density at radius 3 is 1.21 bits per heavy atom. The van der Waals surface area contributed by atoms with Crippen LogP contribution < -0.4 is 4.90 Å². The van der Waals surface area contributed by atoms with Gasteiger partial charge in [-0.25, -0.2) is 0 Å². The molecule has 0 bridgehead atoms. The van der Waals surface area contributed by atoms with E-state index in [4.69, 9.17) is 0 Å². The highest BCUT2D eigenvalue weighted by Crippen LogP contribution is 2.46. The van der Waals surface area contributed by atoms with Crippen molar-refractivity contribution in [2.45, 2.75) is 0 Å². The highest BCUT2D eigenvalue weighted by Gasteiger charge is 2.21. The van der Waals surface area contributed by atoms with E-state index in [-0.39, 0.29) is 0 Å². The van der Waals surface area contributed by atoms with Gasteiger partial charge >= 0.3 is 0 Å². The number of rotatable bonds is 8. The quantitative estimate of drug-likeness (QED) is 0.138. The molecule has 0 amide bonds. The Kier molecular flexibility index (Phi) is 8.89. The van der Waals surface area contributed by atoms with Crippen LogP contribution in [-0.2, 0) is 0 Å². The van der Waals surface area contributed by atoms with Gasteiger partial charge in [-0.15, -0.1) is 0 Å². The van der Waals surface area contributed by atoms with E-state index in [0.717, 1.165) is 17.1 Å². The fourth-order valence-corrected chi connectivity index (χ4v) is 10.4. The van der Waals surface area contributed by atoms with E-state index in [0.29, 0.717) is 0 Å². The molecule has 0 aliphatic carbocycles. The molecule has 308 valence electrons. The van der Waals surface area contributed by atoms with Gasteiger partial charge in [0.2, 0.25) is 0 Å². The first-order valence-electron chi connectivity index (χ1n) is 22.7. The average molecular weight is 839 g/mol. The van der Waals surface area contributed by atoms with E-state index in [1.54, 1.807) is 0 Å². The first kappa shape index (κ1) is 37.8. The molecule has 0 N–H and O–H groups in total. The van der Waals surface area contributed by atoms with Crippen LogP contribution in [0.5, 0.6) is 0 Å². The molecule has 0 aliphatic rings. The van der Waals surface area contributed by atoms with Gasteiger partial charge in [0, 0.05) is 32.9 Å². The minimum atomic E-state index is 1.10. The van der Waals surface area contributed by atoms with Crippen LogP contribution in [-0.4, -0.2) is 4.57 Å². The molecule has 2 nitrogen and oxygen atoms in total. The van der Waals surface area contributed by atoms with Gasteiger partial charge in [-0.1, -0.05) is 200 Å². The standard InChI is InChI=1S/C64H42N2/c1-3-12-43(13-4-1)45-22-24-46(25-23-45)47-26-34-53(35-27-47)65(54-36-28-48(29-37-54)52-17-11-16-51(42-52)44-14-5-2-6-15-44)61-40-32-49-31-39-58-62(41-33-50-30-38-57(61)63(49)64(50)58)66-59-20-9-7-18-55(59)56-19-8-10-21-60(56)66/h1-42H. The average Bonchev–Trinajstić information content (AvgIpc) is 3.73. The summed E-state index contributed by atoms with van der Waals surface area (Å²) >= 11 is 0. The molecule has 1 heterocycles. The SMILES string of the molecule is c1ccc(-c2ccc(-c3ccc(N(c4ccc(-c5cccc(-c6ccccc6)c5)cc4)c4ccc5ccc6c(-n7c8ccccc8c8ccccc87)ccc7ccc4c5c76)cc3)cc2)cc1. The van der Waals surface area contributed by atoms with Gasteiger partial charge in [-0.05, 0) is 121 Å². The van der Waals surface area contributed by atoms with Crippen LogP contribution in [0.25, 0.3) is 104 Å². The summed E-state index contributed by atoms with van der Waals surface area (Å²) in [7, 11) is 0. The Hall–Kier alpha value is -8.72. The number of hydrogen-bond acceptors (Lipinski definition) is 1. The summed E-state index contributed by atoms with van der Waals surface area (Å²) < 4.78 is 2.46. The molecule has 66 heavy (non-hydrogen) atoms. The normalized spacial score (nSPS) is 11.6. The molecule has 0 atom stereocenters. The summed E-state index contributed by atoms with van der Waals surface area (Å²) in [5, 5.41) is 10.0. The van der Waals surface area contributed by atoms with Crippen LogP contribution in [0.15, 0.2) is 255 Å². The van der Waals surface area contributed by atoms with E-state index < -0.39 is 0 Å². The van der Waals surface area contributed by atoms with Crippen LogP contribution in [0.4, 0.5) is 17.1 Å². The lowest BCUT2D eigenvalue weighted by atomic mass is 9.92. The highest BCUT2D eigenvalue weighted by atomic mass is 15.1. The lowest BCUT2D eigenvalue weighted by molar-refractivity contribution is 1.20. The number of anilines is 3. The number of nitrogens with zero attached hydrogens (tertiary/aromatic N) is 2. The lowest BCUT2D eigenvalue weighted by Crippen LogP contribution is -2.10. The summed E-state index contributed by atoms with van der Waals surface area (Å²) in [5.41, 5.74) is 16.6. The van der Waals surface area contributed by atoms with Gasteiger partial charge < -0.3 is 9.47 Å². The van der Waals surface area contributed by atoms with E-state index in [1.807, 2.05) is 0 Å². The molecule has 0 radical (unpaired) electrons. The molecule has 12 aromatic carbocycles. The number of para-hydroxylation sites is 2. The van der Waals surface area contributed by atoms with Crippen LogP contribution in [0.2, 0.25) is 0 Å². The fourth-order valence-electron chi connectivity index (χ4n) is 10.4. The monoisotopic (exact) mass is 838 g/mol. The molecule has 13 aromatic rings. The summed E-state index contributed by atoms with van der Waals surface area (Å²) in [6, 6.07) is 93.2. The minimum absolute atomic E-state index is 1.10. The van der Waals surface area contributed by atoms with Gasteiger partial charge in [0.1, 0.15) is 0 Å². The molecule has 2 heteroatoms. The Morgan fingerprint density at radius 2 is 0.652 bits per heavy atom. The Balaban J connectivity index is 0.963. The largest absolute Gasteiger partial charge is 0.310 e. The number of aromatic nitrogens is 1. The van der Waals surface area contributed by atoms with Gasteiger partial charge in [0.15, 0.2) is 0 Å². The summed E-state index contributed by atoms with van der Waals surface area (Å²) in [6.45, 7) is 0. The van der Waals surface area contributed by atoms with Crippen molar-refractivity contribution in [2.75, 3.05) is 4.90 Å². The lowest BCUT2D eigenvalue weighted by Gasteiger charge is -2.28. The van der Waals surface area contributed by atoms with Crippen LogP contribution in [0, 0.1) is 0 Å². The molecule has 0 unspecified atom stereocenters. The number of hydrogen-bond donors (Lipinski definition) is 0. The van der Waals surface area contributed by atoms with Crippen molar-refractivity contribution in [3.8, 4) is 50.2 Å². The second-order valence-electron chi connectivity index (χ2n) is 17.3. The van der Waals surface area contributed by atoms with Crippen LogP contribution in [0.1, 0.15) is 0 Å². The smallest absolute Gasteiger partial charge is 0.0541 e. The molecule has 0 saturated carbocycles. The first-order valence-corrected chi connectivity index (χ1v) is 22.7. The van der Waals surface area contributed by atoms with Crippen LogP contribution in [0.3, 0.4) is 0 Å². The molecule has 0 spiro atoms. The van der Waals surface area contributed by atoms with Crippen molar-refractivity contribution in [1.29, 1.82) is 0 Å². The number of fused-ring (bicyclic) bond motifs is 3. The van der Waals surface area contributed by atoms with Gasteiger partial charge in [0.05, 0.1) is 22.4 Å². The summed E-state index contributed by atoms with van der Waals surface area (Å²) in [4.78, 5) is 2.44. The predicted octanol–water partition coefficient (Wildman–Crippen LogP) is 17.8. The molecule has 1 aromatic heterocycles. The Morgan fingerprint density at radius 1 is 0.258 bits per heavy atom. The van der Waals surface area contributed by atoms with Crippen molar-refractivity contribution in [1.82, 2.24) is 4.57 Å². The van der Waals surface area contributed by atoms with E-state index in [9.17, 15) is 0 Å². The predicted molar refractivity (Wildman–Crippen MR) is 281 cm³/mol. The van der Waals surface area contributed by atoms with Crippen molar-refractivity contribution in [3.63, 3.8) is 0 Å². The zero-order valence-electron chi connectivity index (χ0n) is 36.1. The molecule has 0 fully saturated rings. The first-order chi connectivity index (χ1) is 32.7. The van der Waals surface area contributed by atoms with Crippen molar-refractivity contribution in [2.24, 2.45) is 0 Å². The molecular weight excluding hydrogens is 797 g/mol. The van der Waals surface area contributed by atoms with Gasteiger partial charge in [0.25, 0.3) is 0 Å². The minimum Gasteiger partial charge on any atom is -0.310 e. The summed E-state index contributed by atoms with van der Waals surface area (Å²) in [5.74, 6) is 0. The maximum atomic E-state index is 2.46. The second-order valence-corrected chi connectivity index (χ2v) is 17.3. The third-order valence-corrected chi connectivity index (χ3v) is 13.6. The maximum Gasteiger partial charge on any atom is 0.0541 e. The molecule has 0 aliphatic heterocycles. The maximum absolute atomic E-state index is 2.46. The molecule has 13 rings (SSSR count). The van der Waals surface area contributed by atoms with Crippen LogP contribution >= 0.6 is 0 Å². The van der Waals surface area contributed by atoms with E-state index in [2.05, 4.69) is 264 Å². The Bertz CT molecular complexity index is 3830. The summed E-state index contributed by atoms with van der Waals surface area (Å²) in [6.07, 6.45) is 0. The van der Waals surface area contributed by atoms with E-state index in [1.165, 1.54) is 104 Å². The van der Waals surface area contributed by atoms with Crippen molar-refractivity contribution >= 4 is 71.2 Å². The molecular formula is C64H42N2. The van der Waals surface area contributed by atoms with Crippen molar-refractivity contribution < 1.29 is 0 Å². The fraction of sp³-hybridized carbons (Fsp3) is 0. The van der Waals surface area contributed by atoms with E-state index >= 15 is 0 Å². The third kappa shape index (κ3) is 6.26. The Labute approximate surface area is 383 Å². The third-order valence-electron chi connectivity index (χ3n) is 13.6. The topological polar surface area (TPSA) is 8.17 Å². The molecule has 0 saturated heterocycles. The number of benzene rings is 12. The zero-order chi connectivity index (χ0) is 43.6.